The van der Waals surface area contributed by atoms with Crippen LogP contribution in [0.15, 0.2) is 74.1 Å². The average Bonchev–Trinajstić information content (AvgIpc) is 3.10. The van der Waals surface area contributed by atoms with Crippen molar-refractivity contribution in [2.75, 3.05) is 6.61 Å². The number of carbonyl (C=O) groups excluding carboxylic acids is 1. The molecule has 0 saturated carbocycles. The number of amides is 1. The Bertz CT molecular complexity index is 990. The van der Waals surface area contributed by atoms with Crippen LogP contribution in [-0.2, 0) is 4.79 Å². The van der Waals surface area contributed by atoms with E-state index in [9.17, 15) is 4.79 Å². The molecule has 5 nitrogen and oxygen atoms in total. The summed E-state index contributed by atoms with van der Waals surface area (Å²) in [5.41, 5.74) is 2.35. The van der Waals surface area contributed by atoms with E-state index >= 15 is 0 Å². The molecule has 2 aromatic carbocycles. The van der Waals surface area contributed by atoms with E-state index in [0.717, 1.165) is 4.90 Å². The summed E-state index contributed by atoms with van der Waals surface area (Å²) in [5.74, 6) is 0.420. The zero-order chi connectivity index (χ0) is 19.9. The number of benzene rings is 2. The van der Waals surface area contributed by atoms with Crippen molar-refractivity contribution in [3.63, 3.8) is 0 Å². The van der Waals surface area contributed by atoms with Gasteiger partial charge in [0.25, 0.3) is 5.91 Å². The van der Waals surface area contributed by atoms with E-state index in [4.69, 9.17) is 44.0 Å². The zero-order valence-electron chi connectivity index (χ0n) is 14.2. The lowest BCUT2D eigenvalue weighted by Gasteiger charge is -2.06. The summed E-state index contributed by atoms with van der Waals surface area (Å²) < 4.78 is 10.9. The van der Waals surface area contributed by atoms with Gasteiger partial charge in [-0.15, -0.1) is 0 Å². The third-order valence-corrected chi connectivity index (χ3v) is 4.98. The molecule has 9 heteroatoms. The van der Waals surface area contributed by atoms with E-state index in [1.165, 1.54) is 24.0 Å². The van der Waals surface area contributed by atoms with Crippen LogP contribution >= 0.6 is 46.6 Å². The summed E-state index contributed by atoms with van der Waals surface area (Å²) in [6.45, 7) is -0.242. The molecule has 28 heavy (non-hydrogen) atoms. The van der Waals surface area contributed by atoms with Crippen LogP contribution < -0.4 is 10.2 Å². The van der Waals surface area contributed by atoms with Crippen molar-refractivity contribution >= 4 is 58.7 Å². The number of furan rings is 1. The Hall–Kier alpha value is -2.12. The third-order valence-electron chi connectivity index (χ3n) is 3.27. The van der Waals surface area contributed by atoms with Crippen molar-refractivity contribution in [1.29, 1.82) is 0 Å². The van der Waals surface area contributed by atoms with Crippen LogP contribution in [0.3, 0.4) is 0 Å². The lowest BCUT2D eigenvalue weighted by atomic mass is 10.3. The fourth-order valence-electron chi connectivity index (χ4n) is 2.01. The molecule has 0 atom stereocenters. The van der Waals surface area contributed by atoms with Gasteiger partial charge in [0, 0.05) is 14.9 Å². The molecule has 0 spiro atoms. The molecule has 3 rings (SSSR count). The first-order valence-electron chi connectivity index (χ1n) is 7.92. The zero-order valence-corrected chi connectivity index (χ0v) is 17.3. The molecule has 0 bridgehead atoms. The van der Waals surface area contributed by atoms with E-state index in [0.29, 0.717) is 31.7 Å². The van der Waals surface area contributed by atoms with Gasteiger partial charge in [-0.05, 0) is 54.6 Å². The Morgan fingerprint density at radius 3 is 2.57 bits per heavy atom. The molecule has 0 saturated heterocycles. The van der Waals surface area contributed by atoms with Gasteiger partial charge in [-0.1, -0.05) is 46.6 Å². The Morgan fingerprint density at radius 2 is 1.82 bits per heavy atom. The Balaban J connectivity index is 1.47. The monoisotopic (exact) mass is 454 g/mol. The van der Waals surface area contributed by atoms with E-state index < -0.39 is 5.91 Å². The summed E-state index contributed by atoms with van der Waals surface area (Å²) in [4.78, 5) is 12.8. The topological polar surface area (TPSA) is 63.8 Å². The van der Waals surface area contributed by atoms with Crippen molar-refractivity contribution in [3.05, 3.63) is 75.4 Å². The Morgan fingerprint density at radius 1 is 1.07 bits per heavy atom. The molecule has 0 radical (unpaired) electrons. The highest BCUT2D eigenvalue weighted by Gasteiger charge is 2.06. The van der Waals surface area contributed by atoms with Crippen LogP contribution in [0.5, 0.6) is 5.75 Å². The minimum atomic E-state index is -0.440. The average molecular weight is 456 g/mol. The number of nitrogens with zero attached hydrogens (tertiary/aromatic N) is 1. The van der Waals surface area contributed by atoms with E-state index in [1.807, 2.05) is 30.3 Å². The van der Waals surface area contributed by atoms with E-state index in [-0.39, 0.29) is 6.61 Å². The fraction of sp³-hybridized carbons (Fsp3) is 0.0526. The van der Waals surface area contributed by atoms with Crippen LogP contribution in [0.25, 0.3) is 0 Å². The van der Waals surface area contributed by atoms with Crippen molar-refractivity contribution in [1.82, 2.24) is 5.43 Å². The summed E-state index contributed by atoms with van der Waals surface area (Å²) in [5, 5.41) is 6.02. The van der Waals surface area contributed by atoms with Crippen LogP contribution in [0.1, 0.15) is 5.76 Å². The van der Waals surface area contributed by atoms with Gasteiger partial charge >= 0.3 is 0 Å². The van der Waals surface area contributed by atoms with E-state index in [2.05, 4.69) is 10.5 Å². The standard InChI is InChI=1S/C19H13Cl3N2O3S/c20-12-1-5-15(6-2-12)28-19-8-4-14(27-19)10-23-24-18(25)11-26-17-7-3-13(21)9-16(17)22/h1-10H,11H2,(H,24,25). The van der Waals surface area contributed by atoms with Gasteiger partial charge < -0.3 is 9.15 Å². The lowest BCUT2D eigenvalue weighted by Crippen LogP contribution is -2.24. The Labute approximate surface area is 180 Å². The van der Waals surface area contributed by atoms with Crippen molar-refractivity contribution < 1.29 is 13.9 Å². The van der Waals surface area contributed by atoms with Gasteiger partial charge in [-0.3, -0.25) is 4.79 Å². The van der Waals surface area contributed by atoms with Crippen LogP contribution in [0.4, 0.5) is 0 Å². The molecule has 1 N–H and O–H groups in total. The predicted octanol–water partition coefficient (Wildman–Crippen LogP) is 5.92. The molecule has 0 aliphatic heterocycles. The molecule has 0 unspecified atom stereocenters. The minimum Gasteiger partial charge on any atom is -0.482 e. The van der Waals surface area contributed by atoms with Crippen LogP contribution in [0, 0.1) is 0 Å². The number of ether oxygens (including phenoxy) is 1. The SMILES string of the molecule is O=C(COc1ccc(Cl)cc1Cl)NN=Cc1ccc(Sc2ccc(Cl)cc2)o1. The largest absolute Gasteiger partial charge is 0.482 e. The number of carbonyl (C=O) groups is 1. The molecule has 0 aliphatic carbocycles. The van der Waals surface area contributed by atoms with Gasteiger partial charge in [0.1, 0.15) is 11.5 Å². The quantitative estimate of drug-likeness (QED) is 0.355. The number of rotatable bonds is 7. The number of nitrogens with one attached hydrogen (secondary N) is 1. The number of hydrogen-bond acceptors (Lipinski definition) is 5. The first-order valence-corrected chi connectivity index (χ1v) is 9.87. The maximum atomic E-state index is 11.8. The minimum absolute atomic E-state index is 0.242. The molecule has 144 valence electrons. The summed E-state index contributed by atoms with van der Waals surface area (Å²) in [6, 6.07) is 15.7. The summed E-state index contributed by atoms with van der Waals surface area (Å²) >= 11 is 19.1. The van der Waals surface area contributed by atoms with Gasteiger partial charge in [-0.2, -0.15) is 5.10 Å². The molecule has 0 fully saturated rings. The summed E-state index contributed by atoms with van der Waals surface area (Å²) in [7, 11) is 0. The second-order valence-corrected chi connectivity index (χ2v) is 7.73. The third kappa shape index (κ3) is 6.21. The smallest absolute Gasteiger partial charge is 0.277 e. The molecule has 1 heterocycles. The second kappa shape index (κ2) is 9.89. The van der Waals surface area contributed by atoms with Crippen LogP contribution in [-0.4, -0.2) is 18.7 Å². The lowest BCUT2D eigenvalue weighted by molar-refractivity contribution is -0.123. The molecule has 3 aromatic rings. The van der Waals surface area contributed by atoms with Crippen molar-refractivity contribution in [3.8, 4) is 5.75 Å². The first kappa shape index (κ1) is 20.6. The number of hydrogen-bond donors (Lipinski definition) is 1. The fourth-order valence-corrected chi connectivity index (χ4v) is 3.38. The number of hydrazone groups is 1. The van der Waals surface area contributed by atoms with E-state index in [1.54, 1.807) is 18.2 Å². The molecule has 1 aromatic heterocycles. The maximum Gasteiger partial charge on any atom is 0.277 e. The van der Waals surface area contributed by atoms with Crippen LogP contribution in [0.2, 0.25) is 15.1 Å². The Kier molecular flexibility index (Phi) is 7.28. The highest BCUT2D eigenvalue weighted by atomic mass is 35.5. The normalized spacial score (nSPS) is 11.0. The van der Waals surface area contributed by atoms with Gasteiger partial charge in [0.05, 0.1) is 11.2 Å². The number of halogens is 3. The summed E-state index contributed by atoms with van der Waals surface area (Å²) in [6.07, 6.45) is 1.40. The second-order valence-electron chi connectivity index (χ2n) is 5.37. The highest BCUT2D eigenvalue weighted by molar-refractivity contribution is 7.99. The van der Waals surface area contributed by atoms with Gasteiger partial charge in [0.15, 0.2) is 11.7 Å². The highest BCUT2D eigenvalue weighted by Crippen LogP contribution is 2.30. The predicted molar refractivity (Wildman–Crippen MR) is 112 cm³/mol. The van der Waals surface area contributed by atoms with Gasteiger partial charge in [-0.25, -0.2) is 5.43 Å². The molecular formula is C19H13Cl3N2O3S. The van der Waals surface area contributed by atoms with Gasteiger partial charge in [0.2, 0.25) is 0 Å². The van der Waals surface area contributed by atoms with Crippen molar-refractivity contribution in [2.24, 2.45) is 5.10 Å². The molecule has 1 amide bonds. The van der Waals surface area contributed by atoms with Crippen molar-refractivity contribution in [2.45, 2.75) is 9.99 Å². The molecular weight excluding hydrogens is 443 g/mol. The molecule has 0 aliphatic rings. The maximum absolute atomic E-state index is 11.8. The first-order chi connectivity index (χ1) is 13.5.